The predicted molar refractivity (Wildman–Crippen MR) is 69.5 cm³/mol. The fourth-order valence-electron chi connectivity index (χ4n) is 1.86. The second kappa shape index (κ2) is 5.00. The third-order valence-electron chi connectivity index (χ3n) is 2.72. The summed E-state index contributed by atoms with van der Waals surface area (Å²) >= 11 is 0. The summed E-state index contributed by atoms with van der Waals surface area (Å²) in [6.07, 6.45) is 1.20. The maximum absolute atomic E-state index is 11.7. The van der Waals surface area contributed by atoms with E-state index in [1.165, 1.54) is 11.7 Å². The number of para-hydroxylation sites is 2. The molecule has 1 aromatic carbocycles. The predicted octanol–water partition coefficient (Wildman–Crippen LogP) is 1.00. The van der Waals surface area contributed by atoms with Gasteiger partial charge in [-0.3, -0.25) is 4.79 Å². The number of carbonyl (C=O) groups excluding carboxylic acids is 1. The number of aromatic nitrogens is 2. The van der Waals surface area contributed by atoms with Crippen LogP contribution in [0, 0.1) is 0 Å². The Bertz CT molecular complexity index is 718. The standard InChI is InChI=1S/C12H14N2O4S/c1-18-11(15)7-8-14-10-6-4-3-5-9(10)13-12(14)19(2,16)17/h3-6H,7-8H2,1-2H3. The smallest absolute Gasteiger partial charge is 0.307 e. The Morgan fingerprint density at radius 2 is 2.05 bits per heavy atom. The third kappa shape index (κ3) is 2.76. The Morgan fingerprint density at radius 3 is 2.68 bits per heavy atom. The fourth-order valence-corrected chi connectivity index (χ4v) is 2.71. The molecule has 1 heterocycles. The van der Waals surface area contributed by atoms with Gasteiger partial charge >= 0.3 is 5.97 Å². The van der Waals surface area contributed by atoms with Crippen molar-refractivity contribution in [1.29, 1.82) is 0 Å². The van der Waals surface area contributed by atoms with Gasteiger partial charge in [0.25, 0.3) is 0 Å². The van der Waals surface area contributed by atoms with E-state index in [2.05, 4.69) is 9.72 Å². The van der Waals surface area contributed by atoms with Crippen LogP contribution in [0.5, 0.6) is 0 Å². The maximum Gasteiger partial charge on any atom is 0.307 e. The first kappa shape index (κ1) is 13.5. The van der Waals surface area contributed by atoms with Gasteiger partial charge in [-0.1, -0.05) is 12.1 Å². The number of imidazole rings is 1. The number of carbonyl (C=O) groups is 1. The van der Waals surface area contributed by atoms with Gasteiger partial charge in [0.2, 0.25) is 15.0 Å². The summed E-state index contributed by atoms with van der Waals surface area (Å²) in [5, 5.41) is -0.0300. The number of fused-ring (bicyclic) bond motifs is 1. The van der Waals surface area contributed by atoms with Gasteiger partial charge in [-0.15, -0.1) is 0 Å². The van der Waals surface area contributed by atoms with Crippen LogP contribution in [0.2, 0.25) is 0 Å². The molecule has 7 heteroatoms. The number of ether oxygens (including phenoxy) is 1. The summed E-state index contributed by atoms with van der Waals surface area (Å²) in [4.78, 5) is 15.3. The number of sulfone groups is 1. The van der Waals surface area contributed by atoms with Crippen molar-refractivity contribution in [3.63, 3.8) is 0 Å². The molecular weight excluding hydrogens is 268 g/mol. The molecule has 2 aromatic rings. The first-order valence-electron chi connectivity index (χ1n) is 5.65. The Labute approximate surface area is 110 Å². The second-order valence-electron chi connectivity index (χ2n) is 4.13. The minimum Gasteiger partial charge on any atom is -0.469 e. The van der Waals surface area contributed by atoms with E-state index in [1.807, 2.05) is 0 Å². The van der Waals surface area contributed by atoms with Crippen LogP contribution in [-0.4, -0.2) is 37.3 Å². The second-order valence-corrected chi connectivity index (χ2v) is 6.04. The van der Waals surface area contributed by atoms with Gasteiger partial charge in [0, 0.05) is 12.8 Å². The van der Waals surface area contributed by atoms with E-state index in [0.29, 0.717) is 11.0 Å². The summed E-state index contributed by atoms with van der Waals surface area (Å²) in [5.74, 6) is -0.391. The number of aryl methyl sites for hydroxylation is 1. The molecule has 0 unspecified atom stereocenters. The average Bonchev–Trinajstić information content (AvgIpc) is 2.74. The highest BCUT2D eigenvalue weighted by Gasteiger charge is 2.19. The molecule has 0 spiro atoms. The lowest BCUT2D eigenvalue weighted by molar-refractivity contribution is -0.140. The molecule has 0 amide bonds. The average molecular weight is 282 g/mol. The molecule has 0 aliphatic heterocycles. The molecule has 0 saturated carbocycles. The molecule has 0 aliphatic carbocycles. The summed E-state index contributed by atoms with van der Waals surface area (Å²) in [5.41, 5.74) is 1.28. The van der Waals surface area contributed by atoms with Gasteiger partial charge in [-0.2, -0.15) is 0 Å². The van der Waals surface area contributed by atoms with Crippen LogP contribution in [0.1, 0.15) is 6.42 Å². The van der Waals surface area contributed by atoms with Gasteiger partial charge in [0.05, 0.1) is 24.6 Å². The van der Waals surface area contributed by atoms with Gasteiger partial charge < -0.3 is 9.30 Å². The summed E-state index contributed by atoms with van der Waals surface area (Å²) in [7, 11) is -2.15. The molecule has 6 nitrogen and oxygen atoms in total. The normalized spacial score (nSPS) is 11.7. The lowest BCUT2D eigenvalue weighted by atomic mass is 10.3. The lowest BCUT2D eigenvalue weighted by Crippen LogP contribution is -2.12. The topological polar surface area (TPSA) is 78.3 Å². The zero-order chi connectivity index (χ0) is 14.0. The van der Waals surface area contributed by atoms with Crippen LogP contribution in [-0.2, 0) is 25.9 Å². The van der Waals surface area contributed by atoms with Crippen molar-refractivity contribution in [3.05, 3.63) is 24.3 Å². The number of methoxy groups -OCH3 is 1. The first-order valence-corrected chi connectivity index (χ1v) is 7.55. The molecule has 0 fully saturated rings. The lowest BCUT2D eigenvalue weighted by Gasteiger charge is -2.06. The molecule has 1 aromatic heterocycles. The van der Waals surface area contributed by atoms with E-state index in [0.717, 1.165) is 6.26 Å². The highest BCUT2D eigenvalue weighted by atomic mass is 32.2. The van der Waals surface area contributed by atoms with Gasteiger partial charge in [0.1, 0.15) is 0 Å². The van der Waals surface area contributed by atoms with Crippen molar-refractivity contribution in [2.45, 2.75) is 18.1 Å². The van der Waals surface area contributed by atoms with E-state index >= 15 is 0 Å². The zero-order valence-corrected chi connectivity index (χ0v) is 11.5. The Balaban J connectivity index is 2.52. The molecule has 2 rings (SSSR count). The van der Waals surface area contributed by atoms with Gasteiger partial charge in [0.15, 0.2) is 0 Å². The molecule has 0 aliphatic rings. The zero-order valence-electron chi connectivity index (χ0n) is 10.7. The van der Waals surface area contributed by atoms with Crippen LogP contribution in [0.25, 0.3) is 11.0 Å². The van der Waals surface area contributed by atoms with Crippen LogP contribution in [0.4, 0.5) is 0 Å². The van der Waals surface area contributed by atoms with Crippen molar-refractivity contribution >= 4 is 26.8 Å². The van der Waals surface area contributed by atoms with Gasteiger partial charge in [-0.25, -0.2) is 13.4 Å². The molecule has 102 valence electrons. The van der Waals surface area contributed by atoms with Crippen LogP contribution in [0.15, 0.2) is 29.4 Å². The number of hydrogen-bond donors (Lipinski definition) is 0. The number of rotatable bonds is 4. The van der Waals surface area contributed by atoms with Gasteiger partial charge in [-0.05, 0) is 12.1 Å². The Morgan fingerprint density at radius 1 is 1.37 bits per heavy atom. The highest BCUT2D eigenvalue weighted by Crippen LogP contribution is 2.19. The van der Waals surface area contributed by atoms with Crippen molar-refractivity contribution in [3.8, 4) is 0 Å². The molecular formula is C12H14N2O4S. The molecule has 0 N–H and O–H groups in total. The van der Waals surface area contributed by atoms with E-state index in [9.17, 15) is 13.2 Å². The quantitative estimate of drug-likeness (QED) is 0.782. The Hall–Kier alpha value is -1.89. The third-order valence-corrected chi connectivity index (χ3v) is 3.69. The summed E-state index contributed by atoms with van der Waals surface area (Å²) < 4.78 is 29.6. The first-order chi connectivity index (χ1) is 8.93. The molecule has 0 atom stereocenters. The fraction of sp³-hybridized carbons (Fsp3) is 0.333. The molecule has 0 radical (unpaired) electrons. The molecule has 19 heavy (non-hydrogen) atoms. The number of esters is 1. The number of nitrogens with zero attached hydrogens (tertiary/aromatic N) is 2. The van der Waals surface area contributed by atoms with Crippen LogP contribution < -0.4 is 0 Å². The monoisotopic (exact) mass is 282 g/mol. The molecule has 0 bridgehead atoms. The summed E-state index contributed by atoms with van der Waals surface area (Å²) in [6, 6.07) is 7.09. The van der Waals surface area contributed by atoms with Crippen molar-refractivity contribution < 1.29 is 17.9 Å². The minimum atomic E-state index is -3.45. The van der Waals surface area contributed by atoms with E-state index < -0.39 is 15.8 Å². The van der Waals surface area contributed by atoms with Crippen molar-refractivity contribution in [2.75, 3.05) is 13.4 Å². The number of hydrogen-bond acceptors (Lipinski definition) is 5. The Kier molecular flexibility index (Phi) is 3.57. The van der Waals surface area contributed by atoms with E-state index in [-0.39, 0.29) is 18.1 Å². The summed E-state index contributed by atoms with van der Waals surface area (Å²) in [6.45, 7) is 0.218. The minimum absolute atomic E-state index is 0.0300. The van der Waals surface area contributed by atoms with Crippen LogP contribution in [0.3, 0.4) is 0 Å². The van der Waals surface area contributed by atoms with Crippen LogP contribution >= 0.6 is 0 Å². The van der Waals surface area contributed by atoms with E-state index in [1.54, 1.807) is 24.3 Å². The van der Waals surface area contributed by atoms with Crippen molar-refractivity contribution in [1.82, 2.24) is 9.55 Å². The SMILES string of the molecule is COC(=O)CCn1c(S(C)(=O)=O)nc2ccccc21. The van der Waals surface area contributed by atoms with E-state index in [4.69, 9.17) is 0 Å². The number of benzene rings is 1. The molecule has 0 saturated heterocycles. The van der Waals surface area contributed by atoms with Crippen molar-refractivity contribution in [2.24, 2.45) is 0 Å². The highest BCUT2D eigenvalue weighted by molar-refractivity contribution is 7.90. The largest absolute Gasteiger partial charge is 0.469 e. The maximum atomic E-state index is 11.7.